The largest absolute Gasteiger partial charge is 0.340 e. The highest BCUT2D eigenvalue weighted by Crippen LogP contribution is 2.23. The van der Waals surface area contributed by atoms with E-state index in [1.807, 2.05) is 0 Å². The first-order valence-corrected chi connectivity index (χ1v) is 4.77. The summed E-state index contributed by atoms with van der Waals surface area (Å²) in [6, 6.07) is 2.17. The zero-order valence-electron chi connectivity index (χ0n) is 6.95. The number of imidazole rings is 1. The van der Waals surface area contributed by atoms with Crippen molar-refractivity contribution in [2.24, 2.45) is 0 Å². The quantitative estimate of drug-likeness (QED) is 0.724. The van der Waals surface area contributed by atoms with Crippen LogP contribution in [0.15, 0.2) is 17.6 Å². The third-order valence-corrected chi connectivity index (χ3v) is 2.81. The summed E-state index contributed by atoms with van der Waals surface area (Å²) in [6.07, 6.45) is 5.10. The fourth-order valence-corrected chi connectivity index (χ4v) is 1.74. The van der Waals surface area contributed by atoms with Gasteiger partial charge in [-0.3, -0.25) is 0 Å². The fraction of sp³-hybridized carbons (Fsp3) is 0.500. The molecule has 0 bridgehead atoms. The van der Waals surface area contributed by atoms with Crippen molar-refractivity contribution in [2.45, 2.75) is 30.2 Å². The molecule has 0 aliphatic carbocycles. The lowest BCUT2D eigenvalue weighted by Gasteiger charge is -2.06. The van der Waals surface area contributed by atoms with Crippen molar-refractivity contribution >= 4 is 11.8 Å². The van der Waals surface area contributed by atoms with E-state index in [1.54, 1.807) is 24.2 Å². The summed E-state index contributed by atoms with van der Waals surface area (Å²) in [5.74, 6) is 0. The average Bonchev–Trinajstić information content (AvgIpc) is 2.56. The molecule has 0 spiro atoms. The Kier molecular flexibility index (Phi) is 3.68. The normalized spacial score (nSPS) is 12.3. The predicted octanol–water partition coefficient (Wildman–Crippen LogP) is 2.19. The van der Waals surface area contributed by atoms with Crippen molar-refractivity contribution in [3.8, 4) is 6.07 Å². The maximum Gasteiger partial charge on any atom is 0.165 e. The number of thioether (sulfide) groups is 1. The van der Waals surface area contributed by atoms with E-state index in [1.165, 1.54) is 0 Å². The molecule has 0 amide bonds. The maximum absolute atomic E-state index is 8.50. The smallest absolute Gasteiger partial charge is 0.165 e. The molecular weight excluding hydrogens is 170 g/mol. The summed E-state index contributed by atoms with van der Waals surface area (Å²) >= 11 is 1.63. The number of aromatic amines is 1. The van der Waals surface area contributed by atoms with Crippen molar-refractivity contribution in [2.75, 3.05) is 0 Å². The molecule has 4 heteroatoms. The van der Waals surface area contributed by atoms with Crippen molar-refractivity contribution in [3.05, 3.63) is 12.4 Å². The number of rotatable bonds is 4. The van der Waals surface area contributed by atoms with Crippen LogP contribution in [0.4, 0.5) is 0 Å². The number of nitrogens with zero attached hydrogens (tertiary/aromatic N) is 2. The van der Waals surface area contributed by atoms with Crippen LogP contribution in [0.25, 0.3) is 0 Å². The van der Waals surface area contributed by atoms with Gasteiger partial charge in [0, 0.05) is 24.1 Å². The van der Waals surface area contributed by atoms with Gasteiger partial charge in [0.2, 0.25) is 0 Å². The fourth-order valence-electron chi connectivity index (χ4n) is 0.844. The molecule has 1 unspecified atom stereocenters. The Morgan fingerprint density at radius 2 is 2.67 bits per heavy atom. The zero-order chi connectivity index (χ0) is 8.81. The Morgan fingerprint density at radius 3 is 3.17 bits per heavy atom. The topological polar surface area (TPSA) is 52.5 Å². The number of nitrogens with one attached hydrogen (secondary N) is 1. The van der Waals surface area contributed by atoms with Crippen molar-refractivity contribution < 1.29 is 0 Å². The van der Waals surface area contributed by atoms with Gasteiger partial charge in [0.1, 0.15) is 0 Å². The van der Waals surface area contributed by atoms with E-state index in [9.17, 15) is 0 Å². The highest BCUT2D eigenvalue weighted by Gasteiger charge is 2.08. The molecule has 0 radical (unpaired) electrons. The van der Waals surface area contributed by atoms with Gasteiger partial charge in [-0.25, -0.2) is 4.98 Å². The molecule has 1 atom stereocenters. The Hall–Kier alpha value is -0.950. The van der Waals surface area contributed by atoms with E-state index in [-0.39, 0.29) is 0 Å². The molecular formula is C8H11N3S. The third kappa shape index (κ3) is 2.59. The lowest BCUT2D eigenvalue weighted by atomic mass is 10.3. The number of hydrogen-bond acceptors (Lipinski definition) is 3. The van der Waals surface area contributed by atoms with Crippen LogP contribution < -0.4 is 0 Å². The minimum atomic E-state index is 0.362. The second-order valence-electron chi connectivity index (χ2n) is 2.40. The summed E-state index contributed by atoms with van der Waals surface area (Å²) in [5.41, 5.74) is 0. The molecule has 1 N–H and O–H groups in total. The van der Waals surface area contributed by atoms with Crippen LogP contribution in [0, 0.1) is 11.3 Å². The molecule has 0 saturated carbocycles. The molecule has 0 saturated heterocycles. The highest BCUT2D eigenvalue weighted by molar-refractivity contribution is 7.99. The van der Waals surface area contributed by atoms with Crippen LogP contribution in [-0.2, 0) is 0 Å². The van der Waals surface area contributed by atoms with Gasteiger partial charge < -0.3 is 4.98 Å². The molecule has 3 nitrogen and oxygen atoms in total. The van der Waals surface area contributed by atoms with Crippen molar-refractivity contribution in [1.29, 1.82) is 5.26 Å². The monoisotopic (exact) mass is 181 g/mol. The van der Waals surface area contributed by atoms with E-state index < -0.39 is 0 Å². The van der Waals surface area contributed by atoms with Gasteiger partial charge in [0.05, 0.1) is 6.07 Å². The first-order valence-electron chi connectivity index (χ1n) is 3.89. The van der Waals surface area contributed by atoms with Gasteiger partial charge in [0.15, 0.2) is 5.16 Å². The van der Waals surface area contributed by atoms with Crippen LogP contribution >= 0.6 is 11.8 Å². The van der Waals surface area contributed by atoms with Crippen LogP contribution in [0.2, 0.25) is 0 Å². The summed E-state index contributed by atoms with van der Waals surface area (Å²) < 4.78 is 0. The molecule has 0 aromatic carbocycles. The molecule has 1 aromatic heterocycles. The molecule has 1 aromatic rings. The molecule has 64 valence electrons. The molecule has 1 heterocycles. The first-order chi connectivity index (χ1) is 5.86. The highest BCUT2D eigenvalue weighted by atomic mass is 32.2. The van der Waals surface area contributed by atoms with E-state index >= 15 is 0 Å². The van der Waals surface area contributed by atoms with Gasteiger partial charge in [-0.2, -0.15) is 5.26 Å². The lowest BCUT2D eigenvalue weighted by Crippen LogP contribution is -1.98. The average molecular weight is 181 g/mol. The van der Waals surface area contributed by atoms with E-state index in [0.717, 1.165) is 11.6 Å². The molecule has 12 heavy (non-hydrogen) atoms. The summed E-state index contributed by atoms with van der Waals surface area (Å²) in [5, 5.41) is 9.76. The van der Waals surface area contributed by atoms with Crippen molar-refractivity contribution in [1.82, 2.24) is 9.97 Å². The Bertz CT molecular complexity index is 250. The zero-order valence-corrected chi connectivity index (χ0v) is 7.77. The summed E-state index contributed by atoms with van der Waals surface area (Å²) in [7, 11) is 0. The molecule has 0 aliphatic heterocycles. The van der Waals surface area contributed by atoms with E-state index in [2.05, 4.69) is 23.0 Å². The SMILES string of the molecule is CCC(CC#N)Sc1ncc[nH]1. The molecule has 0 fully saturated rings. The number of hydrogen-bond donors (Lipinski definition) is 1. The van der Waals surface area contributed by atoms with Gasteiger partial charge in [-0.15, -0.1) is 0 Å². The van der Waals surface area contributed by atoms with Gasteiger partial charge in [-0.1, -0.05) is 18.7 Å². The first kappa shape index (κ1) is 9.14. The number of aromatic nitrogens is 2. The summed E-state index contributed by atoms with van der Waals surface area (Å²) in [6.45, 7) is 2.08. The second kappa shape index (κ2) is 4.83. The van der Waals surface area contributed by atoms with Crippen LogP contribution in [0.3, 0.4) is 0 Å². The van der Waals surface area contributed by atoms with Gasteiger partial charge >= 0.3 is 0 Å². The third-order valence-electron chi connectivity index (χ3n) is 1.53. The van der Waals surface area contributed by atoms with Crippen LogP contribution in [0.5, 0.6) is 0 Å². The minimum Gasteiger partial charge on any atom is -0.340 e. The predicted molar refractivity (Wildman–Crippen MR) is 48.8 cm³/mol. The Labute approximate surface area is 76.2 Å². The van der Waals surface area contributed by atoms with E-state index in [4.69, 9.17) is 5.26 Å². The molecule has 0 aliphatic rings. The van der Waals surface area contributed by atoms with Gasteiger partial charge in [-0.05, 0) is 6.42 Å². The number of H-pyrrole nitrogens is 1. The van der Waals surface area contributed by atoms with Crippen molar-refractivity contribution in [3.63, 3.8) is 0 Å². The summed E-state index contributed by atoms with van der Waals surface area (Å²) in [4.78, 5) is 7.09. The standard InChI is InChI=1S/C8H11N3S/c1-2-7(3-4-9)12-8-10-5-6-11-8/h5-7H,2-3H2,1H3,(H,10,11). The minimum absolute atomic E-state index is 0.362. The lowest BCUT2D eigenvalue weighted by molar-refractivity contribution is 0.836. The Balaban J connectivity index is 2.44. The van der Waals surface area contributed by atoms with Crippen LogP contribution in [-0.4, -0.2) is 15.2 Å². The maximum atomic E-state index is 8.50. The molecule has 1 rings (SSSR count). The van der Waals surface area contributed by atoms with Gasteiger partial charge in [0.25, 0.3) is 0 Å². The van der Waals surface area contributed by atoms with E-state index in [0.29, 0.717) is 11.7 Å². The second-order valence-corrected chi connectivity index (χ2v) is 3.69. The van der Waals surface area contributed by atoms with Crippen LogP contribution in [0.1, 0.15) is 19.8 Å². The number of nitriles is 1. The Morgan fingerprint density at radius 1 is 1.83 bits per heavy atom.